The Balaban J connectivity index is 1.69. The summed E-state index contributed by atoms with van der Waals surface area (Å²) in [6.07, 6.45) is 3.84. The Morgan fingerprint density at radius 1 is 1.21 bits per heavy atom. The van der Waals surface area contributed by atoms with E-state index < -0.39 is 17.5 Å². The van der Waals surface area contributed by atoms with Crippen LogP contribution in [0.5, 0.6) is 5.75 Å². The van der Waals surface area contributed by atoms with Crippen molar-refractivity contribution in [3.63, 3.8) is 0 Å². The molecule has 0 saturated carbocycles. The number of carbonyl (C=O) groups excluding carboxylic acids is 3. The summed E-state index contributed by atoms with van der Waals surface area (Å²) >= 11 is 0. The third-order valence-electron chi connectivity index (χ3n) is 6.87. The van der Waals surface area contributed by atoms with Crippen molar-refractivity contribution in [1.82, 2.24) is 9.80 Å². The molecule has 4 aliphatic heterocycles. The highest BCUT2D eigenvalue weighted by Gasteiger charge is 2.66. The molecule has 0 aliphatic carbocycles. The smallest absolute Gasteiger partial charge is 0.246 e. The van der Waals surface area contributed by atoms with E-state index in [4.69, 9.17) is 4.74 Å². The first-order valence-corrected chi connectivity index (χ1v) is 10.2. The van der Waals surface area contributed by atoms with Crippen LogP contribution in [0, 0.1) is 0 Å². The summed E-state index contributed by atoms with van der Waals surface area (Å²) < 4.78 is 5.31. The van der Waals surface area contributed by atoms with E-state index in [1.54, 1.807) is 23.0 Å². The summed E-state index contributed by atoms with van der Waals surface area (Å²) in [4.78, 5) is 43.6. The minimum Gasteiger partial charge on any atom is -0.497 e. The number of piperazine rings is 1. The van der Waals surface area contributed by atoms with Crippen LogP contribution in [0.1, 0.15) is 38.7 Å². The molecule has 1 aromatic carbocycles. The molecule has 3 saturated heterocycles. The van der Waals surface area contributed by atoms with Crippen LogP contribution in [0.3, 0.4) is 0 Å². The average molecular weight is 395 g/mol. The number of allylic oxidation sites excluding steroid dienone is 1. The van der Waals surface area contributed by atoms with E-state index in [2.05, 4.69) is 5.32 Å². The van der Waals surface area contributed by atoms with Gasteiger partial charge in [-0.2, -0.15) is 0 Å². The molecule has 1 aromatic rings. The molecule has 7 heteroatoms. The van der Waals surface area contributed by atoms with Gasteiger partial charge in [0.05, 0.1) is 13.2 Å². The predicted molar refractivity (Wildman–Crippen MR) is 107 cm³/mol. The summed E-state index contributed by atoms with van der Waals surface area (Å²) in [6, 6.07) is 4.07. The van der Waals surface area contributed by atoms with Gasteiger partial charge in [0.2, 0.25) is 17.7 Å². The van der Waals surface area contributed by atoms with Crippen molar-refractivity contribution in [2.75, 3.05) is 19.0 Å². The Hall–Kier alpha value is -2.83. The zero-order valence-electron chi connectivity index (χ0n) is 16.9. The summed E-state index contributed by atoms with van der Waals surface area (Å²) in [5.74, 6) is 0.453. The van der Waals surface area contributed by atoms with Crippen molar-refractivity contribution >= 4 is 23.4 Å². The van der Waals surface area contributed by atoms with Gasteiger partial charge in [-0.15, -0.1) is 0 Å². The number of fused-ring (bicyclic) bond motifs is 4. The maximum atomic E-state index is 13.4. The topological polar surface area (TPSA) is 79.0 Å². The molecule has 4 aliphatic rings. The highest BCUT2D eigenvalue weighted by molar-refractivity contribution is 6.10. The van der Waals surface area contributed by atoms with Gasteiger partial charge in [0.1, 0.15) is 23.2 Å². The van der Waals surface area contributed by atoms with E-state index in [1.807, 2.05) is 32.1 Å². The highest BCUT2D eigenvalue weighted by atomic mass is 16.5. The Kier molecular flexibility index (Phi) is 3.82. The fourth-order valence-electron chi connectivity index (χ4n) is 5.64. The second-order valence-corrected chi connectivity index (χ2v) is 8.68. The second-order valence-electron chi connectivity index (χ2n) is 8.68. The molecule has 3 amide bonds. The molecule has 4 atom stereocenters. The number of rotatable bonds is 2. The molecule has 0 radical (unpaired) electrons. The number of nitrogens with one attached hydrogen (secondary N) is 1. The van der Waals surface area contributed by atoms with Crippen LogP contribution >= 0.6 is 0 Å². The largest absolute Gasteiger partial charge is 0.497 e. The van der Waals surface area contributed by atoms with Crippen LogP contribution in [-0.2, 0) is 19.8 Å². The van der Waals surface area contributed by atoms with E-state index in [-0.39, 0.29) is 23.8 Å². The Morgan fingerprint density at radius 2 is 2.00 bits per heavy atom. The lowest BCUT2D eigenvalue weighted by Crippen LogP contribution is -2.62. The Morgan fingerprint density at radius 3 is 2.72 bits per heavy atom. The molecule has 3 fully saturated rings. The van der Waals surface area contributed by atoms with E-state index in [1.165, 1.54) is 0 Å². The number of benzene rings is 1. The van der Waals surface area contributed by atoms with Crippen molar-refractivity contribution in [2.24, 2.45) is 0 Å². The normalized spacial score (nSPS) is 32.2. The fraction of sp³-hybridized carbons (Fsp3) is 0.500. The van der Waals surface area contributed by atoms with Gasteiger partial charge in [0, 0.05) is 18.3 Å². The minimum absolute atomic E-state index is 0.0223. The molecule has 0 aromatic heterocycles. The lowest BCUT2D eigenvalue weighted by Gasteiger charge is -2.41. The number of ether oxygens (including phenoxy) is 1. The van der Waals surface area contributed by atoms with Gasteiger partial charge in [-0.3, -0.25) is 14.4 Å². The van der Waals surface area contributed by atoms with Crippen LogP contribution in [-0.4, -0.2) is 59.3 Å². The van der Waals surface area contributed by atoms with Crippen LogP contribution in [0.15, 0.2) is 29.8 Å². The standard InChI is InChI=1S/C22H25N3O4/c1-12(2)9-18-22(14-7-6-13(29-3)10-15(14)23-21(22)28)11-17-19(26)24-8-4-5-16(24)20(27)25(17)18/h6-7,9-10,16-18H,4-5,8,11H2,1-3H3,(H,23,28)/t16-,17-,18-,22-/m1/s1. The van der Waals surface area contributed by atoms with Crippen molar-refractivity contribution < 1.29 is 19.1 Å². The molecule has 7 nitrogen and oxygen atoms in total. The van der Waals surface area contributed by atoms with Crippen LogP contribution in [0.2, 0.25) is 0 Å². The number of nitrogens with zero attached hydrogens (tertiary/aromatic N) is 2. The SMILES string of the molecule is COc1ccc2c(c1)NC(=O)[C@]21C[C@@H]2C(=O)N3CCC[C@@H]3C(=O)N2[C@@H]1C=C(C)C. The number of anilines is 1. The number of hydrogen-bond donors (Lipinski definition) is 1. The zero-order valence-corrected chi connectivity index (χ0v) is 16.9. The van der Waals surface area contributed by atoms with Gasteiger partial charge in [-0.1, -0.05) is 17.7 Å². The summed E-state index contributed by atoms with van der Waals surface area (Å²) in [5.41, 5.74) is 1.58. The van der Waals surface area contributed by atoms with Crippen LogP contribution < -0.4 is 10.1 Å². The van der Waals surface area contributed by atoms with Crippen molar-refractivity contribution in [1.29, 1.82) is 0 Å². The minimum atomic E-state index is -0.964. The molecule has 4 heterocycles. The quantitative estimate of drug-likeness (QED) is 0.775. The molecule has 1 spiro atoms. The summed E-state index contributed by atoms with van der Waals surface area (Å²) in [6.45, 7) is 4.54. The summed E-state index contributed by atoms with van der Waals surface area (Å²) in [7, 11) is 1.58. The first-order valence-electron chi connectivity index (χ1n) is 10.2. The van der Waals surface area contributed by atoms with Gasteiger partial charge in [-0.05, 0) is 44.7 Å². The molecular formula is C22H25N3O4. The maximum absolute atomic E-state index is 13.4. The van der Waals surface area contributed by atoms with Crippen LogP contribution in [0.4, 0.5) is 5.69 Å². The van der Waals surface area contributed by atoms with Crippen molar-refractivity contribution in [3.8, 4) is 5.75 Å². The maximum Gasteiger partial charge on any atom is 0.246 e. The monoisotopic (exact) mass is 395 g/mol. The van der Waals surface area contributed by atoms with Crippen molar-refractivity contribution in [3.05, 3.63) is 35.4 Å². The first kappa shape index (κ1) is 18.2. The van der Waals surface area contributed by atoms with E-state index in [0.717, 1.165) is 17.6 Å². The van der Waals surface area contributed by atoms with Gasteiger partial charge in [0.15, 0.2) is 0 Å². The fourth-order valence-corrected chi connectivity index (χ4v) is 5.64. The highest BCUT2D eigenvalue weighted by Crippen LogP contribution is 2.53. The zero-order chi connectivity index (χ0) is 20.5. The third-order valence-corrected chi connectivity index (χ3v) is 6.87. The van der Waals surface area contributed by atoms with E-state index >= 15 is 0 Å². The average Bonchev–Trinajstić information content (AvgIpc) is 3.36. The molecule has 5 rings (SSSR count). The lowest BCUT2D eigenvalue weighted by molar-refractivity contribution is -0.158. The van der Waals surface area contributed by atoms with Crippen LogP contribution in [0.25, 0.3) is 0 Å². The van der Waals surface area contributed by atoms with E-state index in [9.17, 15) is 14.4 Å². The summed E-state index contributed by atoms with van der Waals surface area (Å²) in [5, 5.41) is 2.99. The molecule has 0 unspecified atom stereocenters. The van der Waals surface area contributed by atoms with E-state index in [0.29, 0.717) is 30.8 Å². The Labute approximate surface area is 169 Å². The first-order chi connectivity index (χ1) is 13.9. The van der Waals surface area contributed by atoms with Gasteiger partial charge in [-0.25, -0.2) is 0 Å². The molecule has 29 heavy (non-hydrogen) atoms. The van der Waals surface area contributed by atoms with Gasteiger partial charge < -0.3 is 19.9 Å². The van der Waals surface area contributed by atoms with Crippen molar-refractivity contribution in [2.45, 2.75) is 56.7 Å². The second kappa shape index (κ2) is 6.08. The molecular weight excluding hydrogens is 370 g/mol. The Bertz CT molecular complexity index is 967. The predicted octanol–water partition coefficient (Wildman–Crippen LogP) is 1.83. The molecule has 0 bridgehead atoms. The van der Waals surface area contributed by atoms with Gasteiger partial charge >= 0.3 is 0 Å². The third kappa shape index (κ3) is 2.27. The molecule has 1 N–H and O–H groups in total. The number of amides is 3. The lowest BCUT2D eigenvalue weighted by atomic mass is 9.73. The number of hydrogen-bond acceptors (Lipinski definition) is 4. The number of methoxy groups -OCH3 is 1. The number of carbonyl (C=O) groups is 3. The molecule has 152 valence electrons. The van der Waals surface area contributed by atoms with Gasteiger partial charge in [0.25, 0.3) is 0 Å².